The smallest absolute Gasteiger partial charge is 0.105 e. The summed E-state index contributed by atoms with van der Waals surface area (Å²) in [5.41, 5.74) is 0.232. The summed E-state index contributed by atoms with van der Waals surface area (Å²) in [4.78, 5) is 6.90. The maximum Gasteiger partial charge on any atom is 0.105 e. The molecule has 1 aromatic rings. The van der Waals surface area contributed by atoms with E-state index in [1.807, 2.05) is 6.20 Å². The molecule has 0 saturated carbocycles. The Kier molecular flexibility index (Phi) is 4.07. The minimum Gasteiger partial charge on any atom is -0.334 e. The van der Waals surface area contributed by atoms with Crippen molar-refractivity contribution in [3.05, 3.63) is 18.2 Å². The molecule has 1 atom stereocenters. The van der Waals surface area contributed by atoms with Crippen LogP contribution in [0.2, 0.25) is 0 Å². The minimum absolute atomic E-state index is 0.232. The zero-order valence-corrected chi connectivity index (χ0v) is 12.1. The van der Waals surface area contributed by atoms with Gasteiger partial charge in [-0.3, -0.25) is 4.90 Å². The molecule has 1 aliphatic rings. The Balaban J connectivity index is 1.95. The van der Waals surface area contributed by atoms with Crippen molar-refractivity contribution in [3.8, 4) is 0 Å². The summed E-state index contributed by atoms with van der Waals surface area (Å²) in [6.07, 6.45) is 5.17. The molecule has 2 heterocycles. The predicted octanol–water partition coefficient (Wildman–Crippen LogP) is 1.65. The van der Waals surface area contributed by atoms with Crippen LogP contribution in [0.25, 0.3) is 0 Å². The maximum atomic E-state index is 4.28. The van der Waals surface area contributed by atoms with E-state index in [0.29, 0.717) is 6.04 Å². The third kappa shape index (κ3) is 3.12. The number of hydrogen-bond acceptors (Lipinski definition) is 3. The Morgan fingerprint density at radius 1 is 1.44 bits per heavy atom. The molecular weight excluding hydrogens is 224 g/mol. The summed E-state index contributed by atoms with van der Waals surface area (Å²) in [6.45, 7) is 13.3. The summed E-state index contributed by atoms with van der Waals surface area (Å²) >= 11 is 0. The number of piperazine rings is 1. The van der Waals surface area contributed by atoms with Gasteiger partial charge in [-0.15, -0.1) is 0 Å². The van der Waals surface area contributed by atoms with Gasteiger partial charge < -0.3 is 9.88 Å². The standard InChI is InChI=1S/C14H26N4/c1-5-13-10-16-14(3,4)11-18(13)9-8-17-7-6-15-12(17)2/h6-7,13,16H,5,8-11H2,1-4H3. The van der Waals surface area contributed by atoms with Crippen molar-refractivity contribution in [1.82, 2.24) is 19.8 Å². The van der Waals surface area contributed by atoms with Crippen molar-refractivity contribution in [3.63, 3.8) is 0 Å². The molecule has 1 aromatic heterocycles. The third-order valence-corrected chi connectivity index (χ3v) is 3.95. The van der Waals surface area contributed by atoms with E-state index in [2.05, 4.69) is 53.7 Å². The molecule has 4 nitrogen and oxygen atoms in total. The summed E-state index contributed by atoms with van der Waals surface area (Å²) in [5.74, 6) is 1.11. The molecular formula is C14H26N4. The molecule has 0 radical (unpaired) electrons. The Bertz CT molecular complexity index is 383. The van der Waals surface area contributed by atoms with Gasteiger partial charge in [-0.05, 0) is 27.2 Å². The van der Waals surface area contributed by atoms with Crippen molar-refractivity contribution in [1.29, 1.82) is 0 Å². The lowest BCUT2D eigenvalue weighted by molar-refractivity contribution is 0.0890. The van der Waals surface area contributed by atoms with Gasteiger partial charge in [0.2, 0.25) is 0 Å². The monoisotopic (exact) mass is 250 g/mol. The van der Waals surface area contributed by atoms with Crippen LogP contribution in [-0.2, 0) is 6.54 Å². The number of aryl methyl sites for hydroxylation is 1. The Morgan fingerprint density at radius 3 is 2.83 bits per heavy atom. The van der Waals surface area contributed by atoms with Crippen molar-refractivity contribution in [2.45, 2.75) is 52.2 Å². The van der Waals surface area contributed by atoms with Crippen LogP contribution in [0.3, 0.4) is 0 Å². The summed E-state index contributed by atoms with van der Waals surface area (Å²) in [7, 11) is 0. The first kappa shape index (κ1) is 13.6. The highest BCUT2D eigenvalue weighted by atomic mass is 15.3. The second-order valence-electron chi connectivity index (χ2n) is 5.97. The summed E-state index contributed by atoms with van der Waals surface area (Å²) < 4.78 is 2.24. The lowest BCUT2D eigenvalue weighted by atomic mass is 9.97. The fourth-order valence-corrected chi connectivity index (χ4v) is 2.76. The van der Waals surface area contributed by atoms with Crippen LogP contribution in [0.15, 0.2) is 12.4 Å². The molecule has 102 valence electrons. The van der Waals surface area contributed by atoms with E-state index >= 15 is 0 Å². The Hall–Kier alpha value is -0.870. The second kappa shape index (κ2) is 5.41. The number of nitrogens with zero attached hydrogens (tertiary/aromatic N) is 3. The van der Waals surface area contributed by atoms with E-state index in [9.17, 15) is 0 Å². The van der Waals surface area contributed by atoms with Crippen LogP contribution in [-0.4, -0.2) is 45.7 Å². The molecule has 0 bridgehead atoms. The lowest BCUT2D eigenvalue weighted by Crippen LogP contribution is -2.61. The summed E-state index contributed by atoms with van der Waals surface area (Å²) in [6, 6.07) is 0.668. The zero-order chi connectivity index (χ0) is 13.2. The maximum absolute atomic E-state index is 4.28. The molecule has 1 N–H and O–H groups in total. The molecule has 0 aromatic carbocycles. The SMILES string of the molecule is CCC1CNC(C)(C)CN1CCn1ccnc1C. The summed E-state index contributed by atoms with van der Waals surface area (Å²) in [5, 5.41) is 3.63. The first-order valence-corrected chi connectivity index (χ1v) is 6.98. The molecule has 1 fully saturated rings. The lowest BCUT2D eigenvalue weighted by Gasteiger charge is -2.44. The Morgan fingerprint density at radius 2 is 2.22 bits per heavy atom. The second-order valence-corrected chi connectivity index (χ2v) is 5.97. The molecule has 1 unspecified atom stereocenters. The number of imidazole rings is 1. The number of rotatable bonds is 4. The van der Waals surface area contributed by atoms with E-state index in [0.717, 1.165) is 32.0 Å². The van der Waals surface area contributed by atoms with Crippen molar-refractivity contribution in [2.75, 3.05) is 19.6 Å². The van der Waals surface area contributed by atoms with Gasteiger partial charge in [0, 0.05) is 50.2 Å². The fourth-order valence-electron chi connectivity index (χ4n) is 2.76. The van der Waals surface area contributed by atoms with Gasteiger partial charge in [0.15, 0.2) is 0 Å². The van der Waals surface area contributed by atoms with E-state index in [1.54, 1.807) is 0 Å². The van der Waals surface area contributed by atoms with Crippen molar-refractivity contribution in [2.24, 2.45) is 0 Å². The van der Waals surface area contributed by atoms with Gasteiger partial charge in [-0.1, -0.05) is 6.92 Å². The quantitative estimate of drug-likeness (QED) is 0.882. The van der Waals surface area contributed by atoms with Crippen molar-refractivity contribution < 1.29 is 0 Å². The highest BCUT2D eigenvalue weighted by Gasteiger charge is 2.31. The number of hydrogen-bond donors (Lipinski definition) is 1. The van der Waals surface area contributed by atoms with E-state index in [-0.39, 0.29) is 5.54 Å². The average molecular weight is 250 g/mol. The number of aromatic nitrogens is 2. The van der Waals surface area contributed by atoms with Gasteiger partial charge in [0.25, 0.3) is 0 Å². The van der Waals surface area contributed by atoms with E-state index in [4.69, 9.17) is 0 Å². The normalized spacial score (nSPS) is 24.3. The van der Waals surface area contributed by atoms with E-state index in [1.165, 1.54) is 6.42 Å². The molecule has 2 rings (SSSR count). The van der Waals surface area contributed by atoms with Gasteiger partial charge in [0.05, 0.1) is 0 Å². The first-order valence-electron chi connectivity index (χ1n) is 6.98. The molecule has 1 saturated heterocycles. The largest absolute Gasteiger partial charge is 0.334 e. The molecule has 18 heavy (non-hydrogen) atoms. The van der Waals surface area contributed by atoms with Crippen LogP contribution >= 0.6 is 0 Å². The van der Waals surface area contributed by atoms with Crippen LogP contribution < -0.4 is 5.32 Å². The predicted molar refractivity (Wildman–Crippen MR) is 74.7 cm³/mol. The van der Waals surface area contributed by atoms with Crippen molar-refractivity contribution >= 4 is 0 Å². The molecule has 1 aliphatic heterocycles. The van der Waals surface area contributed by atoms with Crippen LogP contribution in [0, 0.1) is 6.92 Å². The fraction of sp³-hybridized carbons (Fsp3) is 0.786. The highest BCUT2D eigenvalue weighted by Crippen LogP contribution is 2.17. The molecule has 0 spiro atoms. The first-order chi connectivity index (χ1) is 8.52. The van der Waals surface area contributed by atoms with E-state index < -0.39 is 0 Å². The Labute approximate surface area is 110 Å². The topological polar surface area (TPSA) is 33.1 Å². The van der Waals surface area contributed by atoms with Gasteiger partial charge in [0.1, 0.15) is 5.82 Å². The highest BCUT2D eigenvalue weighted by molar-refractivity contribution is 4.93. The minimum atomic E-state index is 0.232. The molecule has 0 amide bonds. The third-order valence-electron chi connectivity index (χ3n) is 3.95. The van der Waals surface area contributed by atoms with Gasteiger partial charge >= 0.3 is 0 Å². The number of nitrogens with one attached hydrogen (secondary N) is 1. The van der Waals surface area contributed by atoms with Gasteiger partial charge in [-0.2, -0.15) is 0 Å². The molecule has 0 aliphatic carbocycles. The van der Waals surface area contributed by atoms with Crippen LogP contribution in [0.4, 0.5) is 0 Å². The van der Waals surface area contributed by atoms with Crippen LogP contribution in [0.5, 0.6) is 0 Å². The average Bonchev–Trinajstić information content (AvgIpc) is 2.71. The zero-order valence-electron chi connectivity index (χ0n) is 12.1. The van der Waals surface area contributed by atoms with Gasteiger partial charge in [-0.25, -0.2) is 4.98 Å². The molecule has 4 heteroatoms. The van der Waals surface area contributed by atoms with Crippen LogP contribution in [0.1, 0.15) is 33.0 Å².